The first kappa shape index (κ1) is 15.8. The van der Waals surface area contributed by atoms with E-state index in [2.05, 4.69) is 38.1 Å². The molecular weight excluding hydrogens is 332 g/mol. The van der Waals surface area contributed by atoms with Gasteiger partial charge in [0.05, 0.1) is 22.8 Å². The second kappa shape index (κ2) is 5.81. The van der Waals surface area contributed by atoms with Crippen molar-refractivity contribution in [2.75, 3.05) is 0 Å². The van der Waals surface area contributed by atoms with Gasteiger partial charge in [0.25, 0.3) is 0 Å². The van der Waals surface area contributed by atoms with Gasteiger partial charge in [-0.1, -0.05) is 24.3 Å². The molecule has 4 aromatic rings. The van der Waals surface area contributed by atoms with E-state index in [0.717, 1.165) is 45.0 Å². The predicted molar refractivity (Wildman–Crippen MR) is 104 cm³/mol. The lowest BCUT2D eigenvalue weighted by Crippen LogP contribution is -2.31. The number of aryl methyl sites for hydroxylation is 2. The monoisotopic (exact) mass is 350 g/mol. The van der Waals surface area contributed by atoms with Crippen molar-refractivity contribution in [2.24, 2.45) is 0 Å². The highest BCUT2D eigenvalue weighted by Crippen LogP contribution is 2.53. The standard InChI is InChI=1S/C23H18N4/c1-15-11-17-21(26-13-15)22-18(12-16(2)14-27-22)23(17,19-7-3-5-9-24-19)20-8-4-6-10-25-20/h3-14H,1-2H3. The molecule has 0 atom stereocenters. The number of rotatable bonds is 2. The lowest BCUT2D eigenvalue weighted by atomic mass is 9.72. The van der Waals surface area contributed by atoms with Crippen LogP contribution in [0.25, 0.3) is 11.4 Å². The molecule has 4 heteroatoms. The zero-order valence-corrected chi connectivity index (χ0v) is 15.2. The van der Waals surface area contributed by atoms with Gasteiger partial charge < -0.3 is 0 Å². The van der Waals surface area contributed by atoms with E-state index >= 15 is 0 Å². The van der Waals surface area contributed by atoms with Crippen LogP contribution in [-0.2, 0) is 5.41 Å². The number of fused-ring (bicyclic) bond motifs is 3. The zero-order valence-electron chi connectivity index (χ0n) is 15.2. The molecule has 0 bridgehead atoms. The van der Waals surface area contributed by atoms with Crippen molar-refractivity contribution in [3.05, 3.63) is 107 Å². The second-order valence-electron chi connectivity index (χ2n) is 7.00. The molecule has 0 saturated heterocycles. The molecule has 0 saturated carbocycles. The molecule has 0 unspecified atom stereocenters. The Morgan fingerprint density at radius 3 is 1.52 bits per heavy atom. The summed E-state index contributed by atoms with van der Waals surface area (Å²) in [5.74, 6) is 0. The predicted octanol–water partition coefficient (Wildman–Crippen LogP) is 4.25. The van der Waals surface area contributed by atoms with Gasteiger partial charge in [0, 0.05) is 35.9 Å². The van der Waals surface area contributed by atoms with Crippen LogP contribution < -0.4 is 0 Å². The topological polar surface area (TPSA) is 51.6 Å². The smallest absolute Gasteiger partial charge is 0.109 e. The summed E-state index contributed by atoms with van der Waals surface area (Å²) in [4.78, 5) is 19.1. The van der Waals surface area contributed by atoms with Gasteiger partial charge in [0.1, 0.15) is 5.41 Å². The maximum Gasteiger partial charge on any atom is 0.109 e. The van der Waals surface area contributed by atoms with Crippen molar-refractivity contribution in [1.82, 2.24) is 19.9 Å². The quantitative estimate of drug-likeness (QED) is 0.478. The summed E-state index contributed by atoms with van der Waals surface area (Å²) in [6.07, 6.45) is 7.47. The maximum atomic E-state index is 4.77. The fourth-order valence-electron chi connectivity index (χ4n) is 4.08. The molecule has 0 spiro atoms. The Bertz CT molecular complexity index is 1040. The van der Waals surface area contributed by atoms with Crippen LogP contribution in [0.15, 0.2) is 73.3 Å². The van der Waals surface area contributed by atoms with Crippen LogP contribution in [0.5, 0.6) is 0 Å². The highest BCUT2D eigenvalue weighted by Gasteiger charge is 2.50. The third kappa shape index (κ3) is 2.16. The molecule has 130 valence electrons. The Labute approximate surface area is 158 Å². The summed E-state index contributed by atoms with van der Waals surface area (Å²) < 4.78 is 0. The van der Waals surface area contributed by atoms with Crippen molar-refractivity contribution in [1.29, 1.82) is 0 Å². The summed E-state index contributed by atoms with van der Waals surface area (Å²) in [6, 6.07) is 16.5. The van der Waals surface area contributed by atoms with E-state index in [1.807, 2.05) is 49.1 Å². The van der Waals surface area contributed by atoms with Crippen LogP contribution in [0.1, 0.15) is 33.6 Å². The molecule has 4 heterocycles. The molecule has 0 N–H and O–H groups in total. The van der Waals surface area contributed by atoms with Crippen molar-refractivity contribution < 1.29 is 0 Å². The van der Waals surface area contributed by atoms with E-state index < -0.39 is 5.41 Å². The lowest BCUT2D eigenvalue weighted by molar-refractivity contribution is 0.701. The third-order valence-corrected chi connectivity index (χ3v) is 5.18. The molecule has 4 aromatic heterocycles. The molecule has 27 heavy (non-hydrogen) atoms. The average Bonchev–Trinajstić information content (AvgIpc) is 2.99. The Morgan fingerprint density at radius 1 is 0.630 bits per heavy atom. The molecular formula is C23H18N4. The van der Waals surface area contributed by atoms with Crippen molar-refractivity contribution in [3.63, 3.8) is 0 Å². The fraction of sp³-hybridized carbons (Fsp3) is 0.130. The van der Waals surface area contributed by atoms with E-state index in [1.165, 1.54) is 0 Å². The van der Waals surface area contributed by atoms with Gasteiger partial charge >= 0.3 is 0 Å². The van der Waals surface area contributed by atoms with E-state index in [-0.39, 0.29) is 0 Å². The molecule has 5 rings (SSSR count). The number of hydrogen-bond donors (Lipinski definition) is 0. The van der Waals surface area contributed by atoms with Gasteiger partial charge in [0.2, 0.25) is 0 Å². The molecule has 1 aliphatic carbocycles. The van der Waals surface area contributed by atoms with Gasteiger partial charge in [-0.25, -0.2) is 0 Å². The highest BCUT2D eigenvalue weighted by molar-refractivity contribution is 5.81. The molecule has 1 aliphatic rings. The van der Waals surface area contributed by atoms with Gasteiger partial charge in [-0.2, -0.15) is 0 Å². The number of aromatic nitrogens is 4. The first-order valence-electron chi connectivity index (χ1n) is 8.99. The summed E-state index contributed by atoms with van der Waals surface area (Å²) in [5.41, 5.74) is 7.46. The van der Waals surface area contributed by atoms with Crippen LogP contribution in [0.2, 0.25) is 0 Å². The fourth-order valence-corrected chi connectivity index (χ4v) is 4.08. The van der Waals surface area contributed by atoms with Crippen LogP contribution in [-0.4, -0.2) is 19.9 Å². The molecule has 0 fully saturated rings. The Balaban J connectivity index is 2.00. The van der Waals surface area contributed by atoms with Gasteiger partial charge in [-0.3, -0.25) is 19.9 Å². The number of nitrogens with zero attached hydrogens (tertiary/aromatic N) is 4. The summed E-state index contributed by atoms with van der Waals surface area (Å²) >= 11 is 0. The Hall–Kier alpha value is -3.40. The minimum atomic E-state index is -0.620. The normalized spacial score (nSPS) is 13.9. The van der Waals surface area contributed by atoms with Gasteiger partial charge in [-0.05, 0) is 49.2 Å². The van der Waals surface area contributed by atoms with Crippen LogP contribution in [0, 0.1) is 13.8 Å². The first-order chi connectivity index (χ1) is 13.2. The van der Waals surface area contributed by atoms with Crippen LogP contribution in [0.4, 0.5) is 0 Å². The van der Waals surface area contributed by atoms with Crippen molar-refractivity contribution in [3.8, 4) is 11.4 Å². The minimum Gasteiger partial charge on any atom is -0.260 e. The van der Waals surface area contributed by atoms with Gasteiger partial charge in [-0.15, -0.1) is 0 Å². The van der Waals surface area contributed by atoms with E-state index in [0.29, 0.717) is 0 Å². The summed E-state index contributed by atoms with van der Waals surface area (Å²) in [5, 5.41) is 0. The molecule has 0 aromatic carbocycles. The second-order valence-corrected chi connectivity index (χ2v) is 7.00. The summed E-state index contributed by atoms with van der Waals surface area (Å²) in [7, 11) is 0. The Morgan fingerprint density at radius 2 is 1.11 bits per heavy atom. The number of hydrogen-bond acceptors (Lipinski definition) is 4. The van der Waals surface area contributed by atoms with Crippen LogP contribution >= 0.6 is 0 Å². The molecule has 4 nitrogen and oxygen atoms in total. The summed E-state index contributed by atoms with van der Waals surface area (Å²) in [6.45, 7) is 4.13. The largest absolute Gasteiger partial charge is 0.260 e. The highest BCUT2D eigenvalue weighted by atomic mass is 14.9. The molecule has 0 radical (unpaired) electrons. The zero-order chi connectivity index (χ0) is 18.4. The molecule has 0 aliphatic heterocycles. The van der Waals surface area contributed by atoms with E-state index in [1.54, 1.807) is 0 Å². The maximum absolute atomic E-state index is 4.77. The van der Waals surface area contributed by atoms with Gasteiger partial charge in [0.15, 0.2) is 0 Å². The van der Waals surface area contributed by atoms with Crippen molar-refractivity contribution >= 4 is 0 Å². The average molecular weight is 350 g/mol. The van der Waals surface area contributed by atoms with E-state index in [9.17, 15) is 0 Å². The SMILES string of the molecule is Cc1cnc2c(c1)C(c1ccccn1)(c1ccccn1)c1cc(C)cnc1-2. The Kier molecular flexibility index (Phi) is 3.41. The molecule has 0 amide bonds. The van der Waals surface area contributed by atoms with Crippen LogP contribution in [0.3, 0.4) is 0 Å². The van der Waals surface area contributed by atoms with E-state index in [4.69, 9.17) is 19.9 Å². The van der Waals surface area contributed by atoms with Crippen molar-refractivity contribution in [2.45, 2.75) is 19.3 Å². The minimum absolute atomic E-state index is 0.620. The number of pyridine rings is 4. The lowest BCUT2D eigenvalue weighted by Gasteiger charge is -2.31. The third-order valence-electron chi connectivity index (χ3n) is 5.18. The first-order valence-corrected chi connectivity index (χ1v) is 8.99.